The van der Waals surface area contributed by atoms with Crippen molar-refractivity contribution in [3.8, 4) is 5.75 Å². The minimum Gasteiger partial charge on any atom is -0.494 e. The van der Waals surface area contributed by atoms with Crippen molar-refractivity contribution in [3.05, 3.63) is 53.3 Å². The fraction of sp³-hybridized carbons (Fsp3) is 0.500. The van der Waals surface area contributed by atoms with E-state index in [0.29, 0.717) is 32.7 Å². The highest BCUT2D eigenvalue weighted by molar-refractivity contribution is 6.08. The zero-order chi connectivity index (χ0) is 25.4. The number of aromatic nitrogens is 1. The van der Waals surface area contributed by atoms with E-state index >= 15 is 0 Å². The Morgan fingerprint density at radius 1 is 1.22 bits per heavy atom. The molecule has 0 radical (unpaired) electrons. The summed E-state index contributed by atoms with van der Waals surface area (Å²) < 4.78 is 5.77. The molecule has 3 aliphatic rings. The van der Waals surface area contributed by atoms with Crippen LogP contribution in [-0.2, 0) is 11.2 Å². The SMILES string of the molecule is CCOc1ccc2[nH]c3c(c2c1)CC1(C)C(=O)N(CCN(CC)CCO)C(=O)N1[C@@H]3C1=CCCC=C1. The molecule has 2 aromatic rings. The first-order valence-electron chi connectivity index (χ1n) is 13.0. The van der Waals surface area contributed by atoms with Crippen LogP contribution in [0.1, 0.15) is 50.9 Å². The Morgan fingerprint density at radius 2 is 2.06 bits per heavy atom. The molecule has 1 unspecified atom stereocenters. The van der Waals surface area contributed by atoms with Crippen molar-refractivity contribution in [1.29, 1.82) is 0 Å². The average molecular weight is 493 g/mol. The maximum absolute atomic E-state index is 13.9. The molecule has 2 atom stereocenters. The van der Waals surface area contributed by atoms with Gasteiger partial charge >= 0.3 is 6.03 Å². The van der Waals surface area contributed by atoms with Gasteiger partial charge in [-0.15, -0.1) is 0 Å². The molecular formula is C28H36N4O4. The number of amides is 3. The van der Waals surface area contributed by atoms with E-state index in [1.54, 1.807) is 4.90 Å². The lowest BCUT2D eigenvalue weighted by molar-refractivity contribution is -0.133. The van der Waals surface area contributed by atoms with Crippen LogP contribution in [0.5, 0.6) is 5.75 Å². The van der Waals surface area contributed by atoms with Crippen LogP contribution >= 0.6 is 0 Å². The van der Waals surface area contributed by atoms with Crippen LogP contribution < -0.4 is 4.74 Å². The first-order valence-corrected chi connectivity index (χ1v) is 13.0. The van der Waals surface area contributed by atoms with E-state index in [9.17, 15) is 14.7 Å². The van der Waals surface area contributed by atoms with Crippen molar-refractivity contribution < 1.29 is 19.4 Å². The van der Waals surface area contributed by atoms with E-state index in [-0.39, 0.29) is 24.6 Å². The molecule has 36 heavy (non-hydrogen) atoms. The standard InChI is InChI=1S/C28H36N4O4/c1-4-30(15-16-33)13-14-31-26(34)28(3)18-22-21-17-20(36-5-2)11-12-23(21)29-24(22)25(32(28)27(31)35)19-9-7-6-8-10-19/h7,9-12,17,25,29,33H,4-6,8,13-16,18H2,1-3H3/t25-,28?/m1/s1. The highest BCUT2D eigenvalue weighted by Gasteiger charge is 2.60. The first kappa shape index (κ1) is 24.6. The number of nitrogens with one attached hydrogen (secondary N) is 1. The zero-order valence-electron chi connectivity index (χ0n) is 21.4. The Kier molecular flexibility index (Phi) is 6.66. The van der Waals surface area contributed by atoms with E-state index in [2.05, 4.69) is 28.1 Å². The number of allylic oxidation sites excluding steroid dienone is 2. The van der Waals surface area contributed by atoms with Gasteiger partial charge in [0.05, 0.1) is 19.3 Å². The Bertz CT molecular complexity index is 1230. The molecule has 2 aliphatic heterocycles. The van der Waals surface area contributed by atoms with Crippen molar-refractivity contribution in [2.75, 3.05) is 39.4 Å². The number of aliphatic hydroxyl groups is 1. The molecular weight excluding hydrogens is 456 g/mol. The van der Waals surface area contributed by atoms with E-state index in [0.717, 1.165) is 52.9 Å². The van der Waals surface area contributed by atoms with Crippen LogP contribution in [0, 0.1) is 0 Å². The van der Waals surface area contributed by atoms with Gasteiger partial charge in [0.25, 0.3) is 5.91 Å². The number of rotatable bonds is 9. The summed E-state index contributed by atoms with van der Waals surface area (Å²) in [5.41, 5.74) is 3.11. The minimum absolute atomic E-state index is 0.0492. The molecule has 5 rings (SSSR count). The molecule has 3 heterocycles. The summed E-state index contributed by atoms with van der Waals surface area (Å²) in [5.74, 6) is 0.644. The van der Waals surface area contributed by atoms with Gasteiger partial charge in [0, 0.05) is 42.7 Å². The van der Waals surface area contributed by atoms with Crippen LogP contribution in [0.2, 0.25) is 0 Å². The van der Waals surface area contributed by atoms with Crippen molar-refractivity contribution in [2.45, 2.75) is 51.6 Å². The van der Waals surface area contributed by atoms with E-state index in [4.69, 9.17) is 4.74 Å². The smallest absolute Gasteiger partial charge is 0.328 e. The molecule has 1 aromatic heterocycles. The molecule has 8 heteroatoms. The molecule has 1 aromatic carbocycles. The summed E-state index contributed by atoms with van der Waals surface area (Å²) in [6.07, 6.45) is 8.77. The third-order valence-corrected chi connectivity index (χ3v) is 7.79. The number of hydrogen-bond donors (Lipinski definition) is 2. The number of aliphatic hydroxyl groups excluding tert-OH is 1. The summed E-state index contributed by atoms with van der Waals surface area (Å²) in [5, 5.41) is 10.4. The maximum Gasteiger partial charge on any atom is 0.328 e. The molecule has 2 N–H and O–H groups in total. The van der Waals surface area contributed by atoms with Crippen LogP contribution in [0.25, 0.3) is 10.9 Å². The lowest BCUT2D eigenvalue weighted by Gasteiger charge is -2.43. The number of hydrogen-bond acceptors (Lipinski definition) is 5. The maximum atomic E-state index is 13.9. The van der Waals surface area contributed by atoms with Crippen molar-refractivity contribution in [2.24, 2.45) is 0 Å². The topological polar surface area (TPSA) is 89.1 Å². The lowest BCUT2D eigenvalue weighted by atomic mass is 9.80. The van der Waals surface area contributed by atoms with E-state index in [1.807, 2.05) is 39.0 Å². The summed E-state index contributed by atoms with van der Waals surface area (Å²) in [4.78, 5) is 36.7. The number of carbonyl (C=O) groups excluding carboxylic acids is 2. The van der Waals surface area contributed by atoms with Crippen LogP contribution in [0.4, 0.5) is 4.79 Å². The Morgan fingerprint density at radius 3 is 2.75 bits per heavy atom. The fourth-order valence-electron chi connectivity index (χ4n) is 5.94. The second-order valence-corrected chi connectivity index (χ2v) is 9.96. The molecule has 1 aliphatic carbocycles. The number of likely N-dealkylation sites (N-methyl/N-ethyl adjacent to an activating group) is 1. The molecule has 0 saturated carbocycles. The number of carbonyl (C=O) groups is 2. The molecule has 3 amide bonds. The number of urea groups is 1. The van der Waals surface area contributed by atoms with Crippen LogP contribution in [0.15, 0.2) is 42.0 Å². The number of H-pyrrole nitrogens is 1. The molecule has 0 spiro atoms. The highest BCUT2D eigenvalue weighted by Crippen LogP contribution is 2.49. The number of imide groups is 1. The number of nitrogens with zero attached hydrogens (tertiary/aromatic N) is 3. The Hall–Kier alpha value is -3.10. The third-order valence-electron chi connectivity index (χ3n) is 7.79. The zero-order valence-corrected chi connectivity index (χ0v) is 21.4. The second-order valence-electron chi connectivity index (χ2n) is 9.96. The molecule has 0 bridgehead atoms. The van der Waals surface area contributed by atoms with Gasteiger partial charge in [-0.1, -0.05) is 25.2 Å². The van der Waals surface area contributed by atoms with Gasteiger partial charge in [0.15, 0.2) is 0 Å². The van der Waals surface area contributed by atoms with Crippen molar-refractivity contribution in [3.63, 3.8) is 0 Å². The van der Waals surface area contributed by atoms with Gasteiger partial charge in [-0.05, 0) is 62.6 Å². The van der Waals surface area contributed by atoms with Gasteiger partial charge in [-0.25, -0.2) is 4.79 Å². The summed E-state index contributed by atoms with van der Waals surface area (Å²) >= 11 is 0. The van der Waals surface area contributed by atoms with Crippen LogP contribution in [0.3, 0.4) is 0 Å². The molecule has 1 saturated heterocycles. The summed E-state index contributed by atoms with van der Waals surface area (Å²) in [6, 6.07) is 5.41. The normalized spacial score (nSPS) is 23.5. The van der Waals surface area contributed by atoms with Gasteiger partial charge in [-0.2, -0.15) is 0 Å². The Balaban J connectivity index is 1.58. The van der Waals surface area contributed by atoms with E-state index in [1.165, 1.54) is 4.90 Å². The number of fused-ring (bicyclic) bond motifs is 4. The van der Waals surface area contributed by atoms with Gasteiger partial charge in [-0.3, -0.25) is 19.5 Å². The van der Waals surface area contributed by atoms with E-state index < -0.39 is 5.54 Å². The van der Waals surface area contributed by atoms with Gasteiger partial charge in [0.2, 0.25) is 0 Å². The summed E-state index contributed by atoms with van der Waals surface area (Å²) in [6.45, 7) is 8.63. The Labute approximate surface area is 212 Å². The lowest BCUT2D eigenvalue weighted by Crippen LogP contribution is -2.53. The monoisotopic (exact) mass is 492 g/mol. The average Bonchev–Trinajstić information content (AvgIpc) is 3.33. The largest absolute Gasteiger partial charge is 0.494 e. The quantitative estimate of drug-likeness (QED) is 0.520. The number of ether oxygens (including phenoxy) is 1. The molecule has 1 fully saturated rings. The second kappa shape index (κ2) is 9.75. The minimum atomic E-state index is -0.981. The van der Waals surface area contributed by atoms with Crippen molar-refractivity contribution >= 4 is 22.8 Å². The fourth-order valence-corrected chi connectivity index (χ4v) is 5.94. The third kappa shape index (κ3) is 3.92. The molecule has 8 nitrogen and oxygen atoms in total. The molecule has 192 valence electrons. The first-order chi connectivity index (χ1) is 17.4. The number of benzene rings is 1. The predicted molar refractivity (Wildman–Crippen MR) is 139 cm³/mol. The van der Waals surface area contributed by atoms with Crippen LogP contribution in [-0.4, -0.2) is 81.7 Å². The number of aromatic amines is 1. The van der Waals surface area contributed by atoms with Gasteiger partial charge < -0.3 is 14.8 Å². The highest BCUT2D eigenvalue weighted by atomic mass is 16.5. The predicted octanol–water partition coefficient (Wildman–Crippen LogP) is 3.78. The summed E-state index contributed by atoms with van der Waals surface area (Å²) in [7, 11) is 0. The van der Waals surface area contributed by atoms with Crippen molar-refractivity contribution in [1.82, 2.24) is 19.7 Å². The van der Waals surface area contributed by atoms with Gasteiger partial charge in [0.1, 0.15) is 11.3 Å².